The van der Waals surface area contributed by atoms with E-state index in [1.54, 1.807) is 0 Å². The van der Waals surface area contributed by atoms with Gasteiger partial charge in [0.2, 0.25) is 5.91 Å². The maximum absolute atomic E-state index is 13.0. The minimum Gasteiger partial charge on any atom is -1.00 e. The Kier molecular flexibility index (Phi) is 10.7. The van der Waals surface area contributed by atoms with Crippen molar-refractivity contribution in [1.29, 1.82) is 0 Å². The van der Waals surface area contributed by atoms with Crippen molar-refractivity contribution in [3.8, 4) is 0 Å². The van der Waals surface area contributed by atoms with Gasteiger partial charge in [0.1, 0.15) is 0 Å². The number of benzene rings is 3. The Morgan fingerprint density at radius 3 is 1.92 bits per heavy atom. The molecule has 1 saturated heterocycles. The van der Waals surface area contributed by atoms with Crippen LogP contribution in [-0.2, 0) is 17.9 Å². The van der Waals surface area contributed by atoms with E-state index in [2.05, 4.69) is 94.7 Å². The molecule has 2 fully saturated rings. The third-order valence-corrected chi connectivity index (χ3v) is 8.27. The molecule has 1 aliphatic carbocycles. The Hall–Kier alpha value is -2.82. The van der Waals surface area contributed by atoms with Gasteiger partial charge in [0, 0.05) is 25.6 Å². The molecule has 202 valence electrons. The van der Waals surface area contributed by atoms with Gasteiger partial charge in [-0.2, -0.15) is 0 Å². The van der Waals surface area contributed by atoms with Gasteiger partial charge in [-0.15, -0.1) is 0 Å². The average Bonchev–Trinajstić information content (AvgIpc) is 2.97. The van der Waals surface area contributed by atoms with E-state index in [0.29, 0.717) is 5.91 Å². The van der Waals surface area contributed by atoms with Gasteiger partial charge >= 0.3 is 0 Å². The molecule has 0 aromatic heterocycles. The fourth-order valence-electron chi connectivity index (χ4n) is 6.14. The van der Waals surface area contributed by atoms with E-state index in [1.807, 2.05) is 0 Å². The van der Waals surface area contributed by atoms with E-state index < -0.39 is 0 Å². The van der Waals surface area contributed by atoms with Crippen molar-refractivity contribution < 1.29 is 22.1 Å². The third-order valence-electron chi connectivity index (χ3n) is 8.27. The number of halogens is 1. The topological polar surface area (TPSA) is 28.0 Å². The second kappa shape index (κ2) is 14.4. The molecule has 0 unspecified atom stereocenters. The quantitative estimate of drug-likeness (QED) is 0.460. The molecule has 2 aliphatic rings. The molecule has 1 amide bonds. The number of piperazine rings is 1. The summed E-state index contributed by atoms with van der Waals surface area (Å²) in [6.07, 6.45) is 8.55. The lowest BCUT2D eigenvalue weighted by molar-refractivity contribution is -0.837. The number of anilines is 1. The maximum Gasteiger partial charge on any atom is 0.222 e. The van der Waals surface area contributed by atoms with Gasteiger partial charge in [-0.25, -0.2) is 0 Å². The van der Waals surface area contributed by atoms with E-state index >= 15 is 0 Å². The highest BCUT2D eigenvalue weighted by Crippen LogP contribution is 2.28. The fourth-order valence-corrected chi connectivity index (χ4v) is 6.14. The lowest BCUT2D eigenvalue weighted by atomic mass is 9.86. The number of para-hydroxylation sites is 2. The zero-order valence-electron chi connectivity index (χ0n) is 22.5. The van der Waals surface area contributed by atoms with E-state index in [0.717, 1.165) is 58.0 Å². The second-order valence-electron chi connectivity index (χ2n) is 10.9. The Morgan fingerprint density at radius 1 is 0.763 bits per heavy atom. The highest BCUT2D eigenvalue weighted by molar-refractivity contribution is 5.76. The lowest BCUT2D eigenvalue weighted by Crippen LogP contribution is -3.10. The van der Waals surface area contributed by atoms with Gasteiger partial charge in [-0.1, -0.05) is 105 Å². The molecule has 3 aromatic rings. The molecule has 1 saturated carbocycles. The molecule has 1 aliphatic heterocycles. The van der Waals surface area contributed by atoms with E-state index in [-0.39, 0.29) is 12.4 Å². The van der Waals surface area contributed by atoms with Gasteiger partial charge in [-0.05, 0) is 29.5 Å². The van der Waals surface area contributed by atoms with Gasteiger partial charge in [0.15, 0.2) is 5.69 Å². The van der Waals surface area contributed by atoms with Crippen molar-refractivity contribution in [2.24, 2.45) is 5.92 Å². The van der Waals surface area contributed by atoms with Gasteiger partial charge < -0.3 is 22.2 Å². The van der Waals surface area contributed by atoms with Crippen LogP contribution < -0.4 is 22.2 Å². The minimum absolute atomic E-state index is 0. The highest BCUT2D eigenvalue weighted by Gasteiger charge is 2.28. The molecule has 5 heteroatoms. The zero-order chi connectivity index (χ0) is 25.3. The van der Waals surface area contributed by atoms with Crippen LogP contribution in [0, 0.1) is 5.92 Å². The van der Waals surface area contributed by atoms with Gasteiger partial charge in [0.25, 0.3) is 0 Å². The Morgan fingerprint density at radius 2 is 1.32 bits per heavy atom. The van der Waals surface area contributed by atoms with Crippen LogP contribution in [0.25, 0.3) is 0 Å². The van der Waals surface area contributed by atoms with Crippen LogP contribution in [-0.4, -0.2) is 37.0 Å². The molecule has 0 radical (unpaired) electrons. The lowest BCUT2D eigenvalue weighted by Gasteiger charge is -2.35. The molecule has 5 rings (SSSR count). The number of carbonyl (C=O) groups is 1. The standard InChI is InChI=1S/C33H41N3O.ClH/c37-33(21-20-28-12-4-1-5-13-28)35-24-22-34(23-25-35)31-18-10-11-19-32(31)36(26-29-14-6-2-7-15-29)27-30-16-8-3-9-17-30;/h2-3,6-11,14-19,28H,1,4-5,12-13,20-27H2;1H. The molecule has 1 heterocycles. The monoisotopic (exact) mass is 531 g/mol. The summed E-state index contributed by atoms with van der Waals surface area (Å²) in [7, 11) is 0. The van der Waals surface area contributed by atoms with Gasteiger partial charge in [0.05, 0.1) is 31.9 Å². The summed E-state index contributed by atoms with van der Waals surface area (Å²) in [4.78, 5) is 19.1. The van der Waals surface area contributed by atoms with Crippen molar-refractivity contribution in [1.82, 2.24) is 4.90 Å². The van der Waals surface area contributed by atoms with Crippen molar-refractivity contribution in [3.63, 3.8) is 0 Å². The predicted molar refractivity (Wildman–Crippen MR) is 152 cm³/mol. The van der Waals surface area contributed by atoms with Crippen molar-refractivity contribution in [3.05, 3.63) is 96.1 Å². The van der Waals surface area contributed by atoms with Crippen LogP contribution in [0.2, 0.25) is 0 Å². The summed E-state index contributed by atoms with van der Waals surface area (Å²) in [6, 6.07) is 30.4. The highest BCUT2D eigenvalue weighted by atomic mass is 35.5. The SMILES string of the molecule is O=C(CCC1CCCCC1)N1CC[NH+](c2ccccc2N(Cc2ccccc2)Cc2ccccc2)CC1.[Cl-]. The molecule has 4 nitrogen and oxygen atoms in total. The molecule has 0 bridgehead atoms. The Balaban J connectivity index is 0.00000336. The van der Waals surface area contributed by atoms with Crippen LogP contribution in [0.4, 0.5) is 11.4 Å². The number of hydrogen-bond donors (Lipinski definition) is 1. The molecule has 0 atom stereocenters. The normalized spacial score (nSPS) is 16.6. The van der Waals surface area contributed by atoms with Crippen LogP contribution in [0.3, 0.4) is 0 Å². The molecule has 1 N–H and O–H groups in total. The molecular weight excluding hydrogens is 490 g/mol. The number of quaternary nitrogens is 1. The van der Waals surface area contributed by atoms with Crippen molar-refractivity contribution in [2.75, 3.05) is 31.1 Å². The number of nitrogens with one attached hydrogen (secondary N) is 1. The Labute approximate surface area is 235 Å². The maximum atomic E-state index is 13.0. The first-order valence-corrected chi connectivity index (χ1v) is 14.3. The molecule has 38 heavy (non-hydrogen) atoms. The number of amides is 1. The largest absolute Gasteiger partial charge is 1.00 e. The summed E-state index contributed by atoms with van der Waals surface area (Å²) in [5.74, 6) is 1.14. The molecular formula is C33H42ClN3O. The Bertz CT molecular complexity index is 1070. The van der Waals surface area contributed by atoms with Crippen molar-refractivity contribution >= 4 is 17.3 Å². The van der Waals surface area contributed by atoms with Crippen LogP contribution in [0.5, 0.6) is 0 Å². The second-order valence-corrected chi connectivity index (χ2v) is 10.9. The van der Waals surface area contributed by atoms with Crippen LogP contribution in [0.15, 0.2) is 84.9 Å². The molecule has 3 aromatic carbocycles. The first-order valence-electron chi connectivity index (χ1n) is 14.3. The third kappa shape index (κ3) is 7.61. The number of carbonyl (C=O) groups excluding carboxylic acids is 1. The van der Waals surface area contributed by atoms with E-state index in [4.69, 9.17) is 0 Å². The number of nitrogens with zero attached hydrogens (tertiary/aromatic N) is 2. The van der Waals surface area contributed by atoms with Crippen LogP contribution >= 0.6 is 0 Å². The van der Waals surface area contributed by atoms with E-state index in [9.17, 15) is 4.79 Å². The zero-order valence-corrected chi connectivity index (χ0v) is 23.3. The van der Waals surface area contributed by atoms with Gasteiger partial charge in [-0.3, -0.25) is 9.69 Å². The summed E-state index contributed by atoms with van der Waals surface area (Å²) >= 11 is 0. The summed E-state index contributed by atoms with van der Waals surface area (Å²) in [5, 5.41) is 0. The minimum atomic E-state index is 0. The average molecular weight is 532 g/mol. The number of hydrogen-bond acceptors (Lipinski definition) is 2. The summed E-state index contributed by atoms with van der Waals surface area (Å²) < 4.78 is 0. The summed E-state index contributed by atoms with van der Waals surface area (Å²) in [6.45, 7) is 5.38. The van der Waals surface area contributed by atoms with E-state index in [1.165, 1.54) is 59.5 Å². The predicted octanol–water partition coefficient (Wildman–Crippen LogP) is 2.62. The first-order chi connectivity index (χ1) is 18.3. The van der Waals surface area contributed by atoms with Crippen molar-refractivity contribution in [2.45, 2.75) is 58.0 Å². The first kappa shape index (κ1) is 28.2. The molecule has 0 spiro atoms. The fraction of sp³-hybridized carbons (Fsp3) is 0.424. The number of rotatable bonds is 9. The van der Waals surface area contributed by atoms with Crippen LogP contribution in [0.1, 0.15) is 56.1 Å². The summed E-state index contributed by atoms with van der Waals surface area (Å²) in [5.41, 5.74) is 5.28. The smallest absolute Gasteiger partial charge is 0.222 e.